The number of nitrogens with zero attached hydrogens (tertiary/aromatic N) is 2. The summed E-state index contributed by atoms with van der Waals surface area (Å²) in [6, 6.07) is 15.9. The molecule has 0 saturated carbocycles. The van der Waals surface area contributed by atoms with Crippen molar-refractivity contribution in [3.63, 3.8) is 0 Å². The second kappa shape index (κ2) is 8.50. The Kier molecular flexibility index (Phi) is 6.13. The minimum Gasteiger partial charge on any atom is -0.450 e. The molecular formula is C19H19N3O3. The Hall–Kier alpha value is -3.33. The van der Waals surface area contributed by atoms with Crippen molar-refractivity contribution in [2.24, 2.45) is 0 Å². The smallest absolute Gasteiger partial charge is 0.411 e. The van der Waals surface area contributed by atoms with E-state index in [0.717, 1.165) is 5.56 Å². The van der Waals surface area contributed by atoms with E-state index in [1.807, 2.05) is 6.07 Å². The summed E-state index contributed by atoms with van der Waals surface area (Å²) in [5.41, 5.74) is 2.37. The predicted octanol–water partition coefficient (Wildman–Crippen LogP) is 3.40. The van der Waals surface area contributed by atoms with Gasteiger partial charge in [-0.2, -0.15) is 5.26 Å². The van der Waals surface area contributed by atoms with Gasteiger partial charge in [-0.05, 0) is 42.8 Å². The molecule has 0 aliphatic carbocycles. The lowest BCUT2D eigenvalue weighted by molar-refractivity contribution is 0.0785. The van der Waals surface area contributed by atoms with Crippen LogP contribution in [0.3, 0.4) is 0 Å². The first kappa shape index (κ1) is 18.0. The van der Waals surface area contributed by atoms with E-state index in [2.05, 4.69) is 11.4 Å². The van der Waals surface area contributed by atoms with Gasteiger partial charge in [0.2, 0.25) is 0 Å². The van der Waals surface area contributed by atoms with Gasteiger partial charge in [-0.25, -0.2) is 4.79 Å². The van der Waals surface area contributed by atoms with E-state index in [-0.39, 0.29) is 12.5 Å². The maximum absolute atomic E-state index is 12.6. The minimum atomic E-state index is -0.561. The molecule has 0 saturated heterocycles. The van der Waals surface area contributed by atoms with Gasteiger partial charge in [-0.1, -0.05) is 18.2 Å². The fraction of sp³-hybridized carbons (Fsp3) is 0.211. The van der Waals surface area contributed by atoms with E-state index in [1.54, 1.807) is 61.3 Å². The molecule has 25 heavy (non-hydrogen) atoms. The number of hydrogen-bond donors (Lipinski definition) is 1. The van der Waals surface area contributed by atoms with Crippen molar-refractivity contribution in [2.45, 2.75) is 13.5 Å². The van der Waals surface area contributed by atoms with Crippen molar-refractivity contribution >= 4 is 17.7 Å². The summed E-state index contributed by atoms with van der Waals surface area (Å²) >= 11 is 0. The zero-order valence-corrected chi connectivity index (χ0v) is 14.2. The lowest BCUT2D eigenvalue weighted by atomic mass is 10.1. The number of rotatable bonds is 5. The molecule has 0 heterocycles. The van der Waals surface area contributed by atoms with Crippen LogP contribution in [0, 0.1) is 11.3 Å². The second-order valence-corrected chi connectivity index (χ2v) is 5.40. The van der Waals surface area contributed by atoms with Crippen LogP contribution < -0.4 is 5.32 Å². The molecule has 0 fully saturated rings. The average molecular weight is 337 g/mol. The first-order valence-electron chi connectivity index (χ1n) is 7.82. The van der Waals surface area contributed by atoms with Gasteiger partial charge in [0.1, 0.15) is 0 Å². The maximum atomic E-state index is 12.6. The summed E-state index contributed by atoms with van der Waals surface area (Å²) in [5, 5.41) is 11.5. The molecule has 0 aliphatic rings. The first-order valence-corrected chi connectivity index (χ1v) is 7.82. The summed E-state index contributed by atoms with van der Waals surface area (Å²) in [6.45, 7) is 2.37. The highest BCUT2D eigenvalue weighted by molar-refractivity contribution is 5.96. The number of hydrogen-bond acceptors (Lipinski definition) is 4. The van der Waals surface area contributed by atoms with Crippen LogP contribution in [0.4, 0.5) is 10.5 Å². The summed E-state index contributed by atoms with van der Waals surface area (Å²) in [4.78, 5) is 25.6. The van der Waals surface area contributed by atoms with Crippen LogP contribution in [0.1, 0.15) is 28.4 Å². The van der Waals surface area contributed by atoms with Crippen molar-refractivity contribution in [1.29, 1.82) is 5.26 Å². The molecule has 0 aliphatic heterocycles. The van der Waals surface area contributed by atoms with Gasteiger partial charge >= 0.3 is 6.09 Å². The third kappa shape index (κ3) is 5.08. The van der Waals surface area contributed by atoms with Gasteiger partial charge in [0.25, 0.3) is 5.91 Å². The van der Waals surface area contributed by atoms with E-state index in [1.165, 1.54) is 0 Å². The number of nitrogens with one attached hydrogen (secondary N) is 1. The molecule has 0 unspecified atom stereocenters. The Balaban J connectivity index is 2.08. The molecule has 6 heteroatoms. The highest BCUT2D eigenvalue weighted by Crippen LogP contribution is 2.14. The topological polar surface area (TPSA) is 82.4 Å². The molecule has 1 N–H and O–H groups in total. The van der Waals surface area contributed by atoms with E-state index < -0.39 is 6.09 Å². The quantitative estimate of drug-likeness (QED) is 0.906. The Morgan fingerprint density at radius 3 is 2.68 bits per heavy atom. The molecule has 0 aromatic heterocycles. The number of amides is 2. The highest BCUT2D eigenvalue weighted by atomic mass is 16.5. The minimum absolute atomic E-state index is 0.185. The van der Waals surface area contributed by atoms with Crippen LogP contribution >= 0.6 is 0 Å². The number of anilines is 1. The fourth-order valence-electron chi connectivity index (χ4n) is 2.32. The Morgan fingerprint density at radius 2 is 1.96 bits per heavy atom. The molecule has 2 rings (SSSR count). The predicted molar refractivity (Wildman–Crippen MR) is 94.0 cm³/mol. The van der Waals surface area contributed by atoms with E-state index >= 15 is 0 Å². The standard InChI is InChI=1S/C19H19N3O3/c1-3-25-19(24)21-17-9-5-8-16(11-17)18(23)22(2)13-15-7-4-6-14(10-15)12-20/h4-11H,3,13H2,1-2H3,(H,21,24). The van der Waals surface area contributed by atoms with Crippen molar-refractivity contribution in [3.05, 3.63) is 65.2 Å². The third-order valence-corrected chi connectivity index (χ3v) is 3.45. The highest BCUT2D eigenvalue weighted by Gasteiger charge is 2.13. The van der Waals surface area contributed by atoms with Gasteiger partial charge in [-0.15, -0.1) is 0 Å². The Morgan fingerprint density at radius 1 is 1.20 bits per heavy atom. The number of carbonyl (C=O) groups is 2. The van der Waals surface area contributed by atoms with Crippen molar-refractivity contribution in [3.8, 4) is 6.07 Å². The molecule has 128 valence electrons. The van der Waals surface area contributed by atoms with Crippen LogP contribution in [-0.4, -0.2) is 30.6 Å². The second-order valence-electron chi connectivity index (χ2n) is 5.40. The van der Waals surface area contributed by atoms with Crippen molar-refractivity contribution < 1.29 is 14.3 Å². The fourth-order valence-corrected chi connectivity index (χ4v) is 2.32. The molecular weight excluding hydrogens is 318 g/mol. The van der Waals surface area contributed by atoms with Crippen LogP contribution in [0.25, 0.3) is 0 Å². The van der Waals surface area contributed by atoms with Crippen molar-refractivity contribution in [2.75, 3.05) is 19.0 Å². The third-order valence-electron chi connectivity index (χ3n) is 3.45. The molecule has 6 nitrogen and oxygen atoms in total. The number of nitriles is 1. The molecule has 0 atom stereocenters. The van der Waals surface area contributed by atoms with Gasteiger partial charge in [0.15, 0.2) is 0 Å². The molecule has 0 spiro atoms. The SMILES string of the molecule is CCOC(=O)Nc1cccc(C(=O)N(C)Cc2cccc(C#N)c2)c1. The summed E-state index contributed by atoms with van der Waals surface area (Å²) in [7, 11) is 1.69. The van der Waals surface area contributed by atoms with Crippen LogP contribution in [0.2, 0.25) is 0 Å². The summed E-state index contributed by atoms with van der Waals surface area (Å²) in [6.07, 6.45) is -0.561. The number of benzene rings is 2. The van der Waals surface area contributed by atoms with Crippen LogP contribution in [-0.2, 0) is 11.3 Å². The Bertz CT molecular complexity index is 812. The lowest BCUT2D eigenvalue weighted by Gasteiger charge is -2.18. The normalized spacial score (nSPS) is 9.80. The van der Waals surface area contributed by atoms with Crippen LogP contribution in [0.5, 0.6) is 0 Å². The average Bonchev–Trinajstić information content (AvgIpc) is 2.61. The van der Waals surface area contributed by atoms with Gasteiger partial charge in [-0.3, -0.25) is 10.1 Å². The molecule has 2 aromatic rings. The number of carbonyl (C=O) groups excluding carboxylic acids is 2. The maximum Gasteiger partial charge on any atom is 0.411 e. The molecule has 2 aromatic carbocycles. The Labute approximate surface area is 146 Å². The van der Waals surface area contributed by atoms with E-state index in [0.29, 0.717) is 23.4 Å². The van der Waals surface area contributed by atoms with Gasteiger partial charge < -0.3 is 9.64 Å². The molecule has 0 radical (unpaired) electrons. The first-order chi connectivity index (χ1) is 12.0. The largest absolute Gasteiger partial charge is 0.450 e. The van der Waals surface area contributed by atoms with E-state index in [4.69, 9.17) is 10.00 Å². The van der Waals surface area contributed by atoms with Gasteiger partial charge in [0.05, 0.1) is 18.2 Å². The molecule has 2 amide bonds. The van der Waals surface area contributed by atoms with Crippen LogP contribution in [0.15, 0.2) is 48.5 Å². The van der Waals surface area contributed by atoms with Gasteiger partial charge in [0, 0.05) is 24.8 Å². The zero-order chi connectivity index (χ0) is 18.2. The number of ether oxygens (including phenoxy) is 1. The van der Waals surface area contributed by atoms with E-state index in [9.17, 15) is 9.59 Å². The summed E-state index contributed by atoms with van der Waals surface area (Å²) < 4.78 is 4.82. The summed E-state index contributed by atoms with van der Waals surface area (Å²) in [5.74, 6) is -0.185. The molecule has 0 bridgehead atoms. The zero-order valence-electron chi connectivity index (χ0n) is 14.2. The van der Waals surface area contributed by atoms with Crippen molar-refractivity contribution in [1.82, 2.24) is 4.90 Å². The monoisotopic (exact) mass is 337 g/mol. The lowest BCUT2D eigenvalue weighted by Crippen LogP contribution is -2.26.